The van der Waals surface area contributed by atoms with Crippen LogP contribution in [-0.4, -0.2) is 54.4 Å². The summed E-state index contributed by atoms with van der Waals surface area (Å²) in [5.74, 6) is 0.297. The number of anilines is 1. The van der Waals surface area contributed by atoms with Gasteiger partial charge in [0.05, 0.1) is 40.7 Å². The molecule has 0 bridgehead atoms. The molecule has 0 amide bonds. The number of H-pyrrole nitrogens is 2. The Morgan fingerprint density at radius 1 is 0.868 bits per heavy atom. The molecule has 7 rings (SSSR count). The van der Waals surface area contributed by atoms with E-state index in [1.54, 1.807) is 18.5 Å². The summed E-state index contributed by atoms with van der Waals surface area (Å²) in [5.41, 5.74) is 7.57. The lowest BCUT2D eigenvalue weighted by atomic mass is 10.0. The van der Waals surface area contributed by atoms with Crippen LogP contribution in [0.2, 0.25) is 0 Å². The van der Waals surface area contributed by atoms with Crippen molar-refractivity contribution in [1.29, 1.82) is 0 Å². The molecule has 1 fully saturated rings. The zero-order valence-corrected chi connectivity index (χ0v) is 20.4. The number of halogens is 1. The fourth-order valence-corrected chi connectivity index (χ4v) is 5.17. The van der Waals surface area contributed by atoms with Gasteiger partial charge in [0.25, 0.3) is 0 Å². The molecule has 1 aliphatic heterocycles. The molecule has 188 valence electrons. The summed E-state index contributed by atoms with van der Waals surface area (Å²) in [6, 6.07) is 14.7. The number of aromatic amines is 2. The van der Waals surface area contributed by atoms with Gasteiger partial charge >= 0.3 is 0 Å². The van der Waals surface area contributed by atoms with Gasteiger partial charge in [0.2, 0.25) is 0 Å². The second-order valence-corrected chi connectivity index (χ2v) is 9.66. The van der Waals surface area contributed by atoms with Crippen LogP contribution in [0.5, 0.6) is 0 Å². The van der Waals surface area contributed by atoms with Crippen molar-refractivity contribution in [3.63, 3.8) is 0 Å². The number of benzene rings is 2. The maximum atomic E-state index is 13.9. The predicted octanol–water partition coefficient (Wildman–Crippen LogP) is 5.33. The Bertz CT molecular complexity index is 1790. The molecule has 1 aliphatic rings. The number of pyridine rings is 2. The Labute approximate surface area is 217 Å². The number of aliphatic hydroxyl groups is 1. The van der Waals surface area contributed by atoms with Crippen LogP contribution >= 0.6 is 0 Å². The van der Waals surface area contributed by atoms with Gasteiger partial charge in [0.15, 0.2) is 5.82 Å². The fraction of sp³-hybridized carbons (Fsp3) is 0.172. The highest BCUT2D eigenvalue weighted by Crippen LogP contribution is 2.33. The van der Waals surface area contributed by atoms with E-state index in [9.17, 15) is 9.50 Å². The van der Waals surface area contributed by atoms with Gasteiger partial charge in [-0.2, -0.15) is 5.10 Å². The number of hydrogen-bond donors (Lipinski definition) is 3. The summed E-state index contributed by atoms with van der Waals surface area (Å²) >= 11 is 0. The minimum atomic E-state index is -0.308. The number of nitrogens with zero attached hydrogens (tertiary/aromatic N) is 5. The van der Waals surface area contributed by atoms with Crippen molar-refractivity contribution < 1.29 is 9.50 Å². The average Bonchev–Trinajstić information content (AvgIpc) is 3.57. The van der Waals surface area contributed by atoms with Crippen LogP contribution in [0.1, 0.15) is 12.8 Å². The van der Waals surface area contributed by atoms with E-state index >= 15 is 0 Å². The van der Waals surface area contributed by atoms with Gasteiger partial charge in [0, 0.05) is 42.0 Å². The molecule has 0 atom stereocenters. The second-order valence-electron chi connectivity index (χ2n) is 9.66. The molecule has 5 heterocycles. The number of rotatable bonds is 4. The van der Waals surface area contributed by atoms with Gasteiger partial charge in [-0.25, -0.2) is 9.37 Å². The Morgan fingerprint density at radius 2 is 1.74 bits per heavy atom. The number of hydrogen-bond acceptors (Lipinski definition) is 6. The van der Waals surface area contributed by atoms with Crippen LogP contribution in [0.4, 0.5) is 10.1 Å². The molecule has 8 nitrogen and oxygen atoms in total. The quantitative estimate of drug-likeness (QED) is 0.299. The molecule has 0 aliphatic carbocycles. The highest BCUT2D eigenvalue weighted by atomic mass is 19.1. The predicted molar refractivity (Wildman–Crippen MR) is 145 cm³/mol. The monoisotopic (exact) mass is 505 g/mol. The standard InChI is InChI=1S/C29H24FN7O/c30-20-3-1-2-18(10-20)24-15-32-16-26-27(24)34-29(33-26)28-23-12-17(4-5-25(23)35-36-28)19-11-21(14-31-13-19)37-8-6-22(38)7-9-37/h1-5,10-16,22,38H,6-9H2,(H,33,34)(H,35,36). The first kappa shape index (κ1) is 22.6. The third-order valence-corrected chi connectivity index (χ3v) is 7.20. The van der Waals surface area contributed by atoms with E-state index in [4.69, 9.17) is 4.98 Å². The number of piperidine rings is 1. The van der Waals surface area contributed by atoms with Crippen molar-refractivity contribution in [2.75, 3.05) is 18.0 Å². The molecular weight excluding hydrogens is 481 g/mol. The van der Waals surface area contributed by atoms with Crippen molar-refractivity contribution in [3.05, 3.63) is 79.1 Å². The third-order valence-electron chi connectivity index (χ3n) is 7.20. The van der Waals surface area contributed by atoms with Gasteiger partial charge in [-0.1, -0.05) is 18.2 Å². The van der Waals surface area contributed by atoms with Crippen molar-refractivity contribution in [2.45, 2.75) is 18.9 Å². The molecule has 9 heteroatoms. The number of fused-ring (bicyclic) bond motifs is 2. The van der Waals surface area contributed by atoms with Crippen LogP contribution < -0.4 is 4.90 Å². The smallest absolute Gasteiger partial charge is 0.159 e. The lowest BCUT2D eigenvalue weighted by Gasteiger charge is -2.31. The van der Waals surface area contributed by atoms with Crippen LogP contribution in [0.3, 0.4) is 0 Å². The van der Waals surface area contributed by atoms with Crippen LogP contribution in [0, 0.1) is 5.82 Å². The van der Waals surface area contributed by atoms with Crippen molar-refractivity contribution in [1.82, 2.24) is 30.1 Å². The SMILES string of the molecule is OC1CCN(c2cncc(-c3ccc4[nH]nc(-c5nc6c(-c7cccc(F)c7)cncc6[nH]5)c4c3)c2)CC1. The van der Waals surface area contributed by atoms with E-state index in [-0.39, 0.29) is 11.9 Å². The number of nitrogens with one attached hydrogen (secondary N) is 2. The molecule has 1 saturated heterocycles. The minimum absolute atomic E-state index is 0.219. The molecule has 6 aromatic rings. The Morgan fingerprint density at radius 3 is 2.61 bits per heavy atom. The van der Waals surface area contributed by atoms with Gasteiger partial charge in [0.1, 0.15) is 11.5 Å². The molecule has 0 unspecified atom stereocenters. The lowest BCUT2D eigenvalue weighted by molar-refractivity contribution is 0.145. The van der Waals surface area contributed by atoms with E-state index in [2.05, 4.69) is 48.2 Å². The number of imidazole rings is 1. The number of aromatic nitrogens is 6. The summed E-state index contributed by atoms with van der Waals surface area (Å²) in [5, 5.41) is 18.5. The summed E-state index contributed by atoms with van der Waals surface area (Å²) in [4.78, 5) is 19.3. The van der Waals surface area contributed by atoms with Crippen molar-refractivity contribution >= 4 is 27.6 Å². The third kappa shape index (κ3) is 3.97. The maximum absolute atomic E-state index is 13.9. The topological polar surface area (TPSA) is 107 Å². The van der Waals surface area contributed by atoms with E-state index in [0.717, 1.165) is 64.7 Å². The van der Waals surface area contributed by atoms with Gasteiger partial charge in [-0.3, -0.25) is 15.1 Å². The van der Waals surface area contributed by atoms with E-state index < -0.39 is 0 Å². The normalized spacial score (nSPS) is 14.5. The van der Waals surface area contributed by atoms with Crippen LogP contribution in [0.15, 0.2) is 73.3 Å². The zero-order chi connectivity index (χ0) is 25.6. The molecule has 3 N–H and O–H groups in total. The van der Waals surface area contributed by atoms with E-state index in [1.807, 2.05) is 24.5 Å². The molecule has 0 radical (unpaired) electrons. The Balaban J connectivity index is 1.28. The summed E-state index contributed by atoms with van der Waals surface area (Å²) in [6.07, 6.45) is 8.47. The van der Waals surface area contributed by atoms with Crippen LogP contribution in [0.25, 0.3) is 55.7 Å². The number of aliphatic hydroxyl groups excluding tert-OH is 1. The first-order valence-electron chi connectivity index (χ1n) is 12.6. The van der Waals surface area contributed by atoms with Gasteiger partial charge in [-0.05, 0) is 54.3 Å². The second kappa shape index (κ2) is 9.04. The lowest BCUT2D eigenvalue weighted by Crippen LogP contribution is -2.35. The zero-order valence-electron chi connectivity index (χ0n) is 20.4. The van der Waals surface area contributed by atoms with Crippen molar-refractivity contribution in [3.8, 4) is 33.8 Å². The average molecular weight is 506 g/mol. The molecule has 0 spiro atoms. The molecule has 4 aromatic heterocycles. The molecule has 38 heavy (non-hydrogen) atoms. The first-order valence-corrected chi connectivity index (χ1v) is 12.6. The highest BCUT2D eigenvalue weighted by Gasteiger charge is 2.19. The summed E-state index contributed by atoms with van der Waals surface area (Å²) < 4.78 is 13.9. The largest absolute Gasteiger partial charge is 0.393 e. The molecule has 0 saturated carbocycles. The molecule has 2 aromatic carbocycles. The highest BCUT2D eigenvalue weighted by molar-refractivity contribution is 5.98. The van der Waals surface area contributed by atoms with Crippen LogP contribution in [-0.2, 0) is 0 Å². The Kier molecular flexibility index (Phi) is 5.36. The van der Waals surface area contributed by atoms with Gasteiger partial charge < -0.3 is 15.0 Å². The summed E-state index contributed by atoms with van der Waals surface area (Å²) in [7, 11) is 0. The Hall–Kier alpha value is -4.63. The summed E-state index contributed by atoms with van der Waals surface area (Å²) in [6.45, 7) is 1.63. The van der Waals surface area contributed by atoms with Crippen molar-refractivity contribution in [2.24, 2.45) is 0 Å². The first-order chi connectivity index (χ1) is 18.6. The fourth-order valence-electron chi connectivity index (χ4n) is 5.17. The van der Waals surface area contributed by atoms with E-state index in [1.165, 1.54) is 12.1 Å². The van der Waals surface area contributed by atoms with Gasteiger partial charge in [-0.15, -0.1) is 0 Å². The van der Waals surface area contributed by atoms with E-state index in [0.29, 0.717) is 22.6 Å². The maximum Gasteiger partial charge on any atom is 0.159 e. The molecular formula is C29H24FN7O. The minimum Gasteiger partial charge on any atom is -0.393 e.